The highest BCUT2D eigenvalue weighted by atomic mass is 32.2. The monoisotopic (exact) mass is 575 g/mol. The Kier molecular flexibility index (Phi) is 10.2. The molecule has 41 heavy (non-hydrogen) atoms. The van der Waals surface area contributed by atoms with Crippen LogP contribution in [0.2, 0.25) is 0 Å². The molecule has 1 N–H and O–H groups in total. The van der Waals surface area contributed by atoms with Crippen LogP contribution in [0.3, 0.4) is 0 Å². The van der Waals surface area contributed by atoms with Crippen molar-refractivity contribution in [3.8, 4) is 0 Å². The third-order valence-electron chi connectivity index (χ3n) is 7.77. The average Bonchev–Trinajstić information content (AvgIpc) is 2.97. The van der Waals surface area contributed by atoms with E-state index in [-0.39, 0.29) is 23.4 Å². The van der Waals surface area contributed by atoms with Gasteiger partial charge in [0, 0.05) is 12.6 Å². The molecule has 0 unspecified atom stereocenters. The van der Waals surface area contributed by atoms with Crippen molar-refractivity contribution in [3.63, 3.8) is 0 Å². The van der Waals surface area contributed by atoms with E-state index in [1.54, 1.807) is 35.2 Å². The molecular formula is C33H41N3O4S. The first-order valence-electron chi connectivity index (χ1n) is 14.5. The molecule has 0 aliphatic heterocycles. The molecule has 1 aliphatic rings. The van der Waals surface area contributed by atoms with Crippen LogP contribution in [0.4, 0.5) is 5.69 Å². The summed E-state index contributed by atoms with van der Waals surface area (Å²) in [4.78, 5) is 29.5. The quantitative estimate of drug-likeness (QED) is 0.315. The number of aryl methyl sites for hydroxylation is 2. The fourth-order valence-electron chi connectivity index (χ4n) is 5.55. The van der Waals surface area contributed by atoms with Gasteiger partial charge in [-0.2, -0.15) is 0 Å². The number of para-hydroxylation sites is 1. The number of nitrogens with one attached hydrogen (secondary N) is 1. The lowest BCUT2D eigenvalue weighted by atomic mass is 9.95. The first-order chi connectivity index (χ1) is 19.7. The van der Waals surface area contributed by atoms with Gasteiger partial charge >= 0.3 is 0 Å². The van der Waals surface area contributed by atoms with Crippen molar-refractivity contribution in [3.05, 3.63) is 95.6 Å². The van der Waals surface area contributed by atoms with Crippen molar-refractivity contribution in [1.29, 1.82) is 0 Å². The number of hydrogen-bond donors (Lipinski definition) is 1. The summed E-state index contributed by atoms with van der Waals surface area (Å²) in [5.41, 5.74) is 3.09. The summed E-state index contributed by atoms with van der Waals surface area (Å²) in [5.74, 6) is -0.617. The van der Waals surface area contributed by atoms with Crippen LogP contribution in [-0.4, -0.2) is 43.8 Å². The van der Waals surface area contributed by atoms with Gasteiger partial charge in [0.05, 0.1) is 10.6 Å². The van der Waals surface area contributed by atoms with Crippen LogP contribution >= 0.6 is 0 Å². The maximum atomic E-state index is 14.2. The standard InChI is InChI=1S/C33H41N3O4S/c1-4-30(33(38)34-28-17-7-5-8-18-28)35(23-27-16-13-14-25(2)22-27)32(37)24-36(31-21-12-11-15-26(31)3)41(39,40)29-19-9-6-10-20-29/h6,9-16,19-22,28,30H,4-5,7-8,17-18,23-24H2,1-3H3,(H,34,38)/t30-/m1/s1. The molecule has 0 aromatic heterocycles. The van der Waals surface area contributed by atoms with Gasteiger partial charge < -0.3 is 10.2 Å². The molecule has 2 amide bonds. The summed E-state index contributed by atoms with van der Waals surface area (Å²) >= 11 is 0. The Hall–Kier alpha value is -3.65. The maximum Gasteiger partial charge on any atom is 0.264 e. The highest BCUT2D eigenvalue weighted by molar-refractivity contribution is 7.92. The van der Waals surface area contributed by atoms with Crippen LogP contribution in [-0.2, 0) is 26.2 Å². The van der Waals surface area contributed by atoms with E-state index in [2.05, 4.69) is 5.32 Å². The number of nitrogens with zero attached hydrogens (tertiary/aromatic N) is 2. The number of sulfonamides is 1. The Morgan fingerprint density at radius 3 is 2.24 bits per heavy atom. The van der Waals surface area contributed by atoms with Gasteiger partial charge in [-0.1, -0.05) is 92.4 Å². The molecule has 0 spiro atoms. The lowest BCUT2D eigenvalue weighted by Crippen LogP contribution is -2.54. The minimum absolute atomic E-state index is 0.100. The highest BCUT2D eigenvalue weighted by Gasteiger charge is 2.34. The van der Waals surface area contributed by atoms with Crippen LogP contribution in [0.15, 0.2) is 83.8 Å². The molecule has 0 saturated heterocycles. The van der Waals surface area contributed by atoms with E-state index < -0.39 is 28.5 Å². The Bertz CT molecular complexity index is 1440. The first kappa shape index (κ1) is 30.3. The van der Waals surface area contributed by atoms with E-state index in [0.29, 0.717) is 12.1 Å². The van der Waals surface area contributed by atoms with Crippen molar-refractivity contribution in [2.24, 2.45) is 0 Å². The van der Waals surface area contributed by atoms with E-state index in [1.807, 2.05) is 57.2 Å². The molecule has 7 nitrogen and oxygen atoms in total. The first-order valence-corrected chi connectivity index (χ1v) is 15.9. The third kappa shape index (κ3) is 7.55. The van der Waals surface area contributed by atoms with E-state index in [9.17, 15) is 18.0 Å². The van der Waals surface area contributed by atoms with Crippen LogP contribution in [0.25, 0.3) is 0 Å². The number of rotatable bonds is 11. The zero-order chi connectivity index (χ0) is 29.4. The van der Waals surface area contributed by atoms with E-state index in [4.69, 9.17) is 0 Å². The average molecular weight is 576 g/mol. The molecule has 0 bridgehead atoms. The zero-order valence-corrected chi connectivity index (χ0v) is 25.1. The normalized spacial score (nSPS) is 14.7. The largest absolute Gasteiger partial charge is 0.352 e. The second kappa shape index (κ2) is 13.8. The second-order valence-electron chi connectivity index (χ2n) is 10.9. The van der Waals surface area contributed by atoms with Crippen LogP contribution < -0.4 is 9.62 Å². The molecule has 1 aliphatic carbocycles. The van der Waals surface area contributed by atoms with Gasteiger partial charge in [0.1, 0.15) is 12.6 Å². The van der Waals surface area contributed by atoms with Gasteiger partial charge in [-0.15, -0.1) is 0 Å². The second-order valence-corrected chi connectivity index (χ2v) is 12.8. The highest BCUT2D eigenvalue weighted by Crippen LogP contribution is 2.27. The van der Waals surface area contributed by atoms with Crippen molar-refractivity contribution in [2.45, 2.75) is 82.8 Å². The fourth-order valence-corrected chi connectivity index (χ4v) is 7.05. The number of carbonyl (C=O) groups is 2. The van der Waals surface area contributed by atoms with E-state index in [1.165, 1.54) is 22.9 Å². The van der Waals surface area contributed by atoms with E-state index in [0.717, 1.165) is 42.4 Å². The Balaban J connectivity index is 1.71. The summed E-state index contributed by atoms with van der Waals surface area (Å²) < 4.78 is 29.1. The predicted molar refractivity (Wildman–Crippen MR) is 163 cm³/mol. The molecule has 4 rings (SSSR count). The topological polar surface area (TPSA) is 86.8 Å². The van der Waals surface area contributed by atoms with Gasteiger partial charge in [0.25, 0.3) is 10.0 Å². The molecule has 0 radical (unpaired) electrons. The number of benzene rings is 3. The van der Waals surface area contributed by atoms with Crippen molar-refractivity contribution in [2.75, 3.05) is 10.8 Å². The molecule has 1 saturated carbocycles. The molecule has 0 heterocycles. The SMILES string of the molecule is CC[C@H](C(=O)NC1CCCCC1)N(Cc1cccc(C)c1)C(=O)CN(c1ccccc1C)S(=O)(=O)c1ccccc1. The van der Waals surface area contributed by atoms with Crippen LogP contribution in [0, 0.1) is 13.8 Å². The molecule has 3 aromatic carbocycles. The molecular weight excluding hydrogens is 534 g/mol. The number of carbonyl (C=O) groups excluding carboxylic acids is 2. The predicted octanol–water partition coefficient (Wildman–Crippen LogP) is 5.76. The summed E-state index contributed by atoms with van der Waals surface area (Å²) in [6, 6.07) is 22.5. The van der Waals surface area contributed by atoms with Gasteiger partial charge in [0.2, 0.25) is 11.8 Å². The van der Waals surface area contributed by atoms with E-state index >= 15 is 0 Å². The summed E-state index contributed by atoms with van der Waals surface area (Å²) in [6.45, 7) is 5.46. The molecule has 8 heteroatoms. The number of amides is 2. The smallest absolute Gasteiger partial charge is 0.264 e. The Morgan fingerprint density at radius 1 is 0.902 bits per heavy atom. The van der Waals surface area contributed by atoms with Gasteiger partial charge in [-0.3, -0.25) is 13.9 Å². The summed E-state index contributed by atoms with van der Waals surface area (Å²) in [5, 5.41) is 3.19. The number of hydrogen-bond acceptors (Lipinski definition) is 4. The lowest BCUT2D eigenvalue weighted by Gasteiger charge is -2.34. The molecule has 218 valence electrons. The molecule has 3 aromatic rings. The van der Waals surface area contributed by atoms with Crippen molar-refractivity contribution >= 4 is 27.5 Å². The van der Waals surface area contributed by atoms with Crippen LogP contribution in [0.1, 0.15) is 62.1 Å². The zero-order valence-electron chi connectivity index (χ0n) is 24.3. The maximum absolute atomic E-state index is 14.2. The third-order valence-corrected chi connectivity index (χ3v) is 9.54. The van der Waals surface area contributed by atoms with Crippen LogP contribution in [0.5, 0.6) is 0 Å². The summed E-state index contributed by atoms with van der Waals surface area (Å²) in [7, 11) is -4.07. The molecule has 1 fully saturated rings. The summed E-state index contributed by atoms with van der Waals surface area (Å²) in [6.07, 6.45) is 5.61. The lowest BCUT2D eigenvalue weighted by molar-refractivity contribution is -0.140. The Morgan fingerprint density at radius 2 is 1.59 bits per heavy atom. The van der Waals surface area contributed by atoms with Gasteiger partial charge in [-0.25, -0.2) is 8.42 Å². The van der Waals surface area contributed by atoms with Crippen molar-refractivity contribution < 1.29 is 18.0 Å². The Labute approximate surface area is 244 Å². The minimum atomic E-state index is -4.07. The van der Waals surface area contributed by atoms with Gasteiger partial charge in [0.15, 0.2) is 0 Å². The molecule has 1 atom stereocenters. The fraction of sp³-hybridized carbons (Fsp3) is 0.394. The number of anilines is 1. The van der Waals surface area contributed by atoms with Gasteiger partial charge in [-0.05, 0) is 62.4 Å². The minimum Gasteiger partial charge on any atom is -0.352 e. The van der Waals surface area contributed by atoms with Crippen molar-refractivity contribution in [1.82, 2.24) is 10.2 Å².